The number of amides is 1. The number of hydrogen-bond donors (Lipinski definition) is 2. The molecule has 3 rings (SSSR count). The van der Waals surface area contributed by atoms with Crippen LogP contribution in [0.25, 0.3) is 5.69 Å². The number of Topliss-reactive ketones (excluding diaryl/α,β-unsaturated/α-hetero) is 1. The van der Waals surface area contributed by atoms with E-state index < -0.39 is 23.4 Å². The molecule has 1 amide bonds. The molecule has 6 nitrogen and oxygen atoms in total. The molecule has 1 aromatic heterocycles. The van der Waals surface area contributed by atoms with Gasteiger partial charge >= 0.3 is 6.18 Å². The van der Waals surface area contributed by atoms with Crippen molar-refractivity contribution in [3.05, 3.63) is 70.5 Å². The van der Waals surface area contributed by atoms with Crippen LogP contribution in [0.3, 0.4) is 0 Å². The number of alkyl halides is 3. The van der Waals surface area contributed by atoms with Gasteiger partial charge in [0.1, 0.15) is 5.75 Å². The number of phenols is 1. The van der Waals surface area contributed by atoms with Crippen LogP contribution in [0.4, 0.5) is 18.9 Å². The highest BCUT2D eigenvalue weighted by molar-refractivity contribution is 6.47. The average molecular weight is 417 g/mol. The van der Waals surface area contributed by atoms with E-state index in [1.54, 1.807) is 6.92 Å². The second-order valence-electron chi connectivity index (χ2n) is 6.79. The van der Waals surface area contributed by atoms with Gasteiger partial charge in [-0.25, -0.2) is 4.68 Å². The number of carbonyl (C=O) groups is 2. The van der Waals surface area contributed by atoms with Gasteiger partial charge in [0.15, 0.2) is 0 Å². The standard InChI is InChI=1S/C21H18F3N3O3/c1-11-9-16(28)7-8-17(11)25-20(30)19(29)18-12(2)26-27(13(18)3)15-6-4-5-14(10-15)21(22,23)24/h4-10,28H,1-3H3,(H,25,30). The van der Waals surface area contributed by atoms with E-state index in [0.29, 0.717) is 11.3 Å². The molecule has 9 heteroatoms. The van der Waals surface area contributed by atoms with Crippen LogP contribution in [0.15, 0.2) is 42.5 Å². The number of carbonyl (C=O) groups excluding carboxylic acids is 2. The van der Waals surface area contributed by atoms with E-state index in [2.05, 4.69) is 10.4 Å². The third kappa shape index (κ3) is 4.05. The largest absolute Gasteiger partial charge is 0.508 e. The number of ketones is 1. The number of rotatable bonds is 4. The number of hydrogen-bond acceptors (Lipinski definition) is 4. The number of halogens is 3. The molecule has 0 spiro atoms. The van der Waals surface area contributed by atoms with Gasteiger partial charge in [0.2, 0.25) is 0 Å². The Bertz CT molecular complexity index is 1150. The van der Waals surface area contributed by atoms with Crippen molar-refractivity contribution >= 4 is 17.4 Å². The molecular weight excluding hydrogens is 399 g/mol. The Labute approximate surface area is 170 Å². The molecule has 3 aromatic rings. The van der Waals surface area contributed by atoms with Crippen molar-refractivity contribution < 1.29 is 27.9 Å². The first-order valence-electron chi connectivity index (χ1n) is 8.88. The Morgan fingerprint density at radius 1 is 1.07 bits per heavy atom. The van der Waals surface area contributed by atoms with Gasteiger partial charge in [0.05, 0.1) is 28.2 Å². The molecule has 1 heterocycles. The minimum atomic E-state index is -4.52. The smallest absolute Gasteiger partial charge is 0.416 e. The van der Waals surface area contributed by atoms with Crippen molar-refractivity contribution in [2.75, 3.05) is 5.32 Å². The van der Waals surface area contributed by atoms with Gasteiger partial charge in [-0.1, -0.05) is 6.07 Å². The quantitative estimate of drug-likeness (QED) is 0.376. The minimum absolute atomic E-state index is 0.0151. The van der Waals surface area contributed by atoms with Gasteiger partial charge in [-0.3, -0.25) is 9.59 Å². The highest BCUT2D eigenvalue weighted by Crippen LogP contribution is 2.31. The minimum Gasteiger partial charge on any atom is -0.508 e. The number of aromatic nitrogens is 2. The number of nitrogens with zero attached hydrogens (tertiary/aromatic N) is 2. The summed E-state index contributed by atoms with van der Waals surface area (Å²) < 4.78 is 40.2. The van der Waals surface area contributed by atoms with E-state index in [-0.39, 0.29) is 28.4 Å². The van der Waals surface area contributed by atoms with E-state index in [0.717, 1.165) is 12.1 Å². The summed E-state index contributed by atoms with van der Waals surface area (Å²) in [6.45, 7) is 4.66. The van der Waals surface area contributed by atoms with Crippen LogP contribution in [0.2, 0.25) is 0 Å². The molecule has 0 bridgehead atoms. The number of benzene rings is 2. The summed E-state index contributed by atoms with van der Waals surface area (Å²) >= 11 is 0. The Hall–Kier alpha value is -3.62. The van der Waals surface area contributed by atoms with Crippen molar-refractivity contribution in [1.82, 2.24) is 9.78 Å². The summed E-state index contributed by atoms with van der Waals surface area (Å²) in [7, 11) is 0. The second kappa shape index (κ2) is 7.66. The SMILES string of the molecule is Cc1cc(O)ccc1NC(=O)C(=O)c1c(C)nn(-c2cccc(C(F)(F)F)c2)c1C. The molecule has 0 radical (unpaired) electrons. The molecular formula is C21H18F3N3O3. The van der Waals surface area contributed by atoms with E-state index in [1.165, 1.54) is 48.9 Å². The summed E-state index contributed by atoms with van der Waals surface area (Å²) in [5.41, 5.74) is 0.666. The molecule has 2 N–H and O–H groups in total. The predicted octanol–water partition coefficient (Wildman–Crippen LogP) is 4.34. The topological polar surface area (TPSA) is 84.2 Å². The van der Waals surface area contributed by atoms with Crippen molar-refractivity contribution in [2.24, 2.45) is 0 Å². The van der Waals surface area contributed by atoms with Gasteiger partial charge in [-0.15, -0.1) is 0 Å². The van der Waals surface area contributed by atoms with E-state index in [9.17, 15) is 27.9 Å². The number of phenolic OH excluding ortho intramolecular Hbond substituents is 1. The monoisotopic (exact) mass is 417 g/mol. The lowest BCUT2D eigenvalue weighted by Gasteiger charge is -2.10. The van der Waals surface area contributed by atoms with Crippen LogP contribution in [0, 0.1) is 20.8 Å². The highest BCUT2D eigenvalue weighted by atomic mass is 19.4. The predicted molar refractivity (Wildman–Crippen MR) is 104 cm³/mol. The Morgan fingerprint density at radius 3 is 2.40 bits per heavy atom. The molecule has 0 unspecified atom stereocenters. The molecule has 0 aliphatic heterocycles. The fraction of sp³-hybridized carbons (Fsp3) is 0.190. The van der Waals surface area contributed by atoms with Crippen LogP contribution >= 0.6 is 0 Å². The highest BCUT2D eigenvalue weighted by Gasteiger charge is 2.31. The van der Waals surface area contributed by atoms with Gasteiger partial charge in [-0.2, -0.15) is 18.3 Å². The zero-order valence-electron chi connectivity index (χ0n) is 16.3. The zero-order chi connectivity index (χ0) is 22.2. The van der Waals surface area contributed by atoms with Gasteiger partial charge in [0.25, 0.3) is 11.7 Å². The van der Waals surface area contributed by atoms with Crippen molar-refractivity contribution in [1.29, 1.82) is 0 Å². The molecule has 0 saturated heterocycles. The first kappa shape index (κ1) is 21.1. The van der Waals surface area contributed by atoms with Gasteiger partial charge in [-0.05, 0) is 62.7 Å². The van der Waals surface area contributed by atoms with Gasteiger partial charge < -0.3 is 10.4 Å². The van der Waals surface area contributed by atoms with Gasteiger partial charge in [0, 0.05) is 5.69 Å². The van der Waals surface area contributed by atoms with Crippen LogP contribution in [0.1, 0.15) is 32.9 Å². The fourth-order valence-corrected chi connectivity index (χ4v) is 3.12. The normalized spacial score (nSPS) is 11.4. The van der Waals surface area contributed by atoms with Crippen LogP contribution in [-0.4, -0.2) is 26.6 Å². The average Bonchev–Trinajstić information content (AvgIpc) is 2.97. The van der Waals surface area contributed by atoms with E-state index in [4.69, 9.17) is 0 Å². The van der Waals surface area contributed by atoms with Crippen LogP contribution in [0.5, 0.6) is 5.75 Å². The molecule has 0 aliphatic rings. The molecule has 0 saturated carbocycles. The molecule has 0 atom stereocenters. The lowest BCUT2D eigenvalue weighted by atomic mass is 10.1. The third-order valence-electron chi connectivity index (χ3n) is 4.60. The lowest BCUT2D eigenvalue weighted by molar-refractivity contribution is -0.137. The van der Waals surface area contributed by atoms with Crippen molar-refractivity contribution in [3.63, 3.8) is 0 Å². The summed E-state index contributed by atoms with van der Waals surface area (Å²) in [5, 5.41) is 16.1. The zero-order valence-corrected chi connectivity index (χ0v) is 16.3. The van der Waals surface area contributed by atoms with Crippen LogP contribution < -0.4 is 5.32 Å². The Kier molecular flexibility index (Phi) is 5.39. The number of anilines is 1. The molecule has 156 valence electrons. The third-order valence-corrected chi connectivity index (χ3v) is 4.60. The fourth-order valence-electron chi connectivity index (χ4n) is 3.12. The summed E-state index contributed by atoms with van der Waals surface area (Å²) in [6, 6.07) is 8.81. The molecule has 2 aromatic carbocycles. The molecule has 30 heavy (non-hydrogen) atoms. The molecule has 0 aliphatic carbocycles. The Balaban J connectivity index is 1.93. The first-order valence-corrected chi connectivity index (χ1v) is 8.88. The van der Waals surface area contributed by atoms with Crippen molar-refractivity contribution in [3.8, 4) is 11.4 Å². The summed E-state index contributed by atoms with van der Waals surface area (Å²) in [6.07, 6.45) is -4.52. The maximum Gasteiger partial charge on any atom is 0.416 e. The summed E-state index contributed by atoms with van der Waals surface area (Å²) in [5.74, 6) is -1.76. The summed E-state index contributed by atoms with van der Waals surface area (Å²) in [4.78, 5) is 25.2. The first-order chi connectivity index (χ1) is 14.0. The number of nitrogens with one attached hydrogen (secondary N) is 1. The second-order valence-corrected chi connectivity index (χ2v) is 6.79. The van der Waals surface area contributed by atoms with E-state index in [1.807, 2.05) is 0 Å². The lowest BCUT2D eigenvalue weighted by Crippen LogP contribution is -2.24. The number of aryl methyl sites for hydroxylation is 2. The van der Waals surface area contributed by atoms with Crippen LogP contribution in [-0.2, 0) is 11.0 Å². The maximum atomic E-state index is 13.0. The van der Waals surface area contributed by atoms with E-state index >= 15 is 0 Å². The van der Waals surface area contributed by atoms with Crippen molar-refractivity contribution in [2.45, 2.75) is 26.9 Å². The number of aromatic hydroxyl groups is 1. The maximum absolute atomic E-state index is 13.0. The molecule has 0 fully saturated rings. The Morgan fingerprint density at radius 2 is 1.77 bits per heavy atom.